The third kappa shape index (κ3) is 2.92. The molecule has 3 aromatic carbocycles. The maximum absolute atomic E-state index is 12.9. The highest BCUT2D eigenvalue weighted by Gasteiger charge is 2.32. The number of benzene rings is 3. The van der Waals surface area contributed by atoms with Crippen molar-refractivity contribution in [2.45, 2.75) is 0 Å². The van der Waals surface area contributed by atoms with Crippen LogP contribution in [0.25, 0.3) is 27.6 Å². The van der Waals surface area contributed by atoms with Crippen molar-refractivity contribution in [1.82, 2.24) is 10.2 Å². The van der Waals surface area contributed by atoms with E-state index < -0.39 is 11.8 Å². The third-order valence-electron chi connectivity index (χ3n) is 4.60. The molecular weight excluding hydrogens is 356 g/mol. The summed E-state index contributed by atoms with van der Waals surface area (Å²) in [4.78, 5) is 26.7. The normalized spacial score (nSPS) is 16.2. The van der Waals surface area contributed by atoms with Crippen molar-refractivity contribution in [2.75, 3.05) is 6.54 Å². The highest BCUT2D eigenvalue weighted by atomic mass is 32.1. The molecule has 0 aromatic heterocycles. The Morgan fingerprint density at radius 2 is 1.59 bits per heavy atom. The van der Waals surface area contributed by atoms with Gasteiger partial charge in [-0.2, -0.15) is 0 Å². The molecule has 4 rings (SSSR count). The predicted octanol–water partition coefficient (Wildman–Crippen LogP) is 3.81. The van der Waals surface area contributed by atoms with E-state index >= 15 is 0 Å². The monoisotopic (exact) mass is 372 g/mol. The summed E-state index contributed by atoms with van der Waals surface area (Å²) in [5.41, 5.74) is 0.903. The number of amides is 2. The van der Waals surface area contributed by atoms with Gasteiger partial charge >= 0.3 is 0 Å². The summed E-state index contributed by atoms with van der Waals surface area (Å²) < 4.78 is 0. The molecule has 0 unspecified atom stereocenters. The maximum atomic E-state index is 12.9. The topological polar surface area (TPSA) is 49.4 Å². The Labute approximate surface area is 161 Å². The van der Waals surface area contributed by atoms with E-state index in [0.717, 1.165) is 27.1 Å². The van der Waals surface area contributed by atoms with Crippen molar-refractivity contribution in [2.24, 2.45) is 0 Å². The zero-order valence-electron chi connectivity index (χ0n) is 14.4. The lowest BCUT2D eigenvalue weighted by Crippen LogP contribution is -2.53. The van der Waals surface area contributed by atoms with Gasteiger partial charge < -0.3 is 0 Å². The first kappa shape index (κ1) is 17.1. The van der Waals surface area contributed by atoms with Gasteiger partial charge in [-0.3, -0.25) is 19.8 Å². The lowest BCUT2D eigenvalue weighted by Gasteiger charge is -2.28. The minimum atomic E-state index is -0.484. The first-order valence-electron chi connectivity index (χ1n) is 8.50. The van der Waals surface area contributed by atoms with Crippen LogP contribution < -0.4 is 5.32 Å². The summed E-state index contributed by atoms with van der Waals surface area (Å²) in [6.45, 7) is 3.89. The molecule has 1 fully saturated rings. The van der Waals surface area contributed by atoms with E-state index in [-0.39, 0.29) is 17.2 Å². The molecule has 2 amide bonds. The van der Waals surface area contributed by atoms with Crippen molar-refractivity contribution in [3.8, 4) is 0 Å². The first-order valence-corrected chi connectivity index (χ1v) is 8.91. The van der Waals surface area contributed by atoms with Crippen LogP contribution in [0.2, 0.25) is 0 Å². The Morgan fingerprint density at radius 1 is 1.00 bits per heavy atom. The van der Waals surface area contributed by atoms with Gasteiger partial charge in [-0.05, 0) is 51.5 Å². The molecule has 3 aromatic rings. The average Bonchev–Trinajstić information content (AvgIpc) is 2.67. The highest BCUT2D eigenvalue weighted by molar-refractivity contribution is 7.80. The Bertz CT molecular complexity index is 1110. The number of nitrogens with zero attached hydrogens (tertiary/aromatic N) is 1. The van der Waals surface area contributed by atoms with E-state index in [1.807, 2.05) is 48.5 Å². The molecule has 0 bridgehead atoms. The van der Waals surface area contributed by atoms with Crippen LogP contribution in [0.4, 0.5) is 0 Å². The zero-order chi connectivity index (χ0) is 19.0. The smallest absolute Gasteiger partial charge is 0.265 e. The van der Waals surface area contributed by atoms with Crippen LogP contribution in [-0.4, -0.2) is 28.4 Å². The van der Waals surface area contributed by atoms with Gasteiger partial charge in [-0.25, -0.2) is 0 Å². The van der Waals surface area contributed by atoms with Crippen molar-refractivity contribution < 1.29 is 9.59 Å². The zero-order valence-corrected chi connectivity index (χ0v) is 15.3. The number of rotatable bonds is 3. The Morgan fingerprint density at radius 3 is 2.19 bits per heavy atom. The van der Waals surface area contributed by atoms with Gasteiger partial charge in [0.15, 0.2) is 5.11 Å². The lowest BCUT2D eigenvalue weighted by atomic mass is 9.94. The van der Waals surface area contributed by atoms with Gasteiger partial charge in [0.2, 0.25) is 0 Å². The van der Waals surface area contributed by atoms with E-state index in [2.05, 4.69) is 18.0 Å². The van der Waals surface area contributed by atoms with Crippen LogP contribution in [-0.2, 0) is 9.59 Å². The fourth-order valence-corrected chi connectivity index (χ4v) is 3.59. The standard InChI is InChI=1S/C22H16N2O2S/c1-2-11-24-21(26)19(20(25)23-22(24)27)13-18-16-9-5-3-7-14(16)12-15-8-4-6-10-17(15)18/h2-10,12-13H,1,11H2,(H,23,25,27). The Kier molecular flexibility index (Phi) is 4.30. The number of carbonyl (C=O) groups is 2. The molecule has 1 heterocycles. The molecule has 1 aliphatic heterocycles. The second-order valence-electron chi connectivity index (χ2n) is 6.25. The summed E-state index contributed by atoms with van der Waals surface area (Å²) in [6.07, 6.45) is 3.24. The lowest BCUT2D eigenvalue weighted by molar-refractivity contribution is -0.128. The third-order valence-corrected chi connectivity index (χ3v) is 4.92. The van der Waals surface area contributed by atoms with Crippen LogP contribution in [0.3, 0.4) is 0 Å². The molecule has 0 aliphatic carbocycles. The summed E-state index contributed by atoms with van der Waals surface area (Å²) in [5.74, 6) is -0.900. The maximum Gasteiger partial charge on any atom is 0.265 e. The van der Waals surface area contributed by atoms with Crippen molar-refractivity contribution in [1.29, 1.82) is 0 Å². The van der Waals surface area contributed by atoms with Crippen molar-refractivity contribution in [3.63, 3.8) is 0 Å². The average molecular weight is 372 g/mol. The minimum Gasteiger partial charge on any atom is -0.298 e. The predicted molar refractivity (Wildman–Crippen MR) is 112 cm³/mol. The fourth-order valence-electron chi connectivity index (χ4n) is 3.34. The van der Waals surface area contributed by atoms with E-state index in [4.69, 9.17) is 12.2 Å². The summed E-state index contributed by atoms with van der Waals surface area (Å²) in [6, 6.07) is 18.0. The van der Waals surface area contributed by atoms with E-state index in [1.165, 1.54) is 4.90 Å². The summed E-state index contributed by atoms with van der Waals surface area (Å²) >= 11 is 5.12. The molecular formula is C22H16N2O2S. The van der Waals surface area contributed by atoms with Crippen LogP contribution >= 0.6 is 12.2 Å². The number of hydrogen-bond acceptors (Lipinski definition) is 3. The van der Waals surface area contributed by atoms with Gasteiger partial charge in [0.05, 0.1) is 0 Å². The number of thiocarbonyl (C=S) groups is 1. The summed E-state index contributed by atoms with van der Waals surface area (Å²) in [7, 11) is 0. The van der Waals surface area contributed by atoms with Crippen molar-refractivity contribution in [3.05, 3.63) is 78.4 Å². The van der Waals surface area contributed by atoms with Crippen LogP contribution in [0.5, 0.6) is 0 Å². The van der Waals surface area contributed by atoms with E-state index in [9.17, 15) is 9.59 Å². The quantitative estimate of drug-likeness (QED) is 0.250. The molecule has 1 aliphatic rings. The van der Waals surface area contributed by atoms with Crippen LogP contribution in [0.15, 0.2) is 72.8 Å². The number of carbonyl (C=O) groups excluding carboxylic acids is 2. The molecule has 1 saturated heterocycles. The number of nitrogens with one attached hydrogen (secondary N) is 1. The molecule has 5 heteroatoms. The molecule has 0 spiro atoms. The Hall–Kier alpha value is -3.31. The van der Waals surface area contributed by atoms with Crippen LogP contribution in [0, 0.1) is 0 Å². The highest BCUT2D eigenvalue weighted by Crippen LogP contribution is 2.30. The molecule has 132 valence electrons. The second-order valence-corrected chi connectivity index (χ2v) is 6.64. The number of fused-ring (bicyclic) bond motifs is 2. The fraction of sp³-hybridized carbons (Fsp3) is 0.0455. The van der Waals surface area contributed by atoms with Gasteiger partial charge in [0.25, 0.3) is 11.8 Å². The van der Waals surface area contributed by atoms with Crippen LogP contribution in [0.1, 0.15) is 5.56 Å². The first-order chi connectivity index (χ1) is 13.1. The van der Waals surface area contributed by atoms with Gasteiger partial charge in [0, 0.05) is 6.54 Å². The largest absolute Gasteiger partial charge is 0.298 e. The summed E-state index contributed by atoms with van der Waals surface area (Å²) in [5, 5.41) is 6.75. The second kappa shape index (κ2) is 6.78. The molecule has 0 saturated carbocycles. The molecule has 27 heavy (non-hydrogen) atoms. The van der Waals surface area contributed by atoms with Gasteiger partial charge in [-0.1, -0.05) is 54.6 Å². The molecule has 4 nitrogen and oxygen atoms in total. The molecule has 1 N–H and O–H groups in total. The minimum absolute atomic E-state index is 0.0620. The van der Waals surface area contributed by atoms with E-state index in [0.29, 0.717) is 0 Å². The molecule has 0 atom stereocenters. The Balaban J connectivity index is 1.98. The molecule has 0 radical (unpaired) electrons. The number of hydrogen-bond donors (Lipinski definition) is 1. The van der Waals surface area contributed by atoms with E-state index in [1.54, 1.807) is 12.2 Å². The van der Waals surface area contributed by atoms with Crippen molar-refractivity contribution >= 4 is 56.8 Å². The SMILES string of the molecule is C=CCN1C(=O)C(=Cc2c3ccccc3cc3ccccc23)C(=O)NC1=S. The van der Waals surface area contributed by atoms with Gasteiger partial charge in [0.1, 0.15) is 5.57 Å². The van der Waals surface area contributed by atoms with Gasteiger partial charge in [-0.15, -0.1) is 6.58 Å².